The van der Waals surface area contributed by atoms with Crippen molar-refractivity contribution in [3.05, 3.63) is 30.6 Å². The molecule has 2 aromatic rings. The maximum Gasteiger partial charge on any atom is 0.155 e. The van der Waals surface area contributed by atoms with Crippen molar-refractivity contribution < 1.29 is 0 Å². The fourth-order valence-corrected chi connectivity index (χ4v) is 3.04. The molecule has 0 N–H and O–H groups in total. The van der Waals surface area contributed by atoms with Crippen molar-refractivity contribution in [1.29, 1.82) is 0 Å². The van der Waals surface area contributed by atoms with Gasteiger partial charge in [0.25, 0.3) is 0 Å². The Labute approximate surface area is 108 Å². The molecule has 3 rings (SSSR count). The molecular weight excluding hydrogens is 222 g/mol. The number of hydrogen-bond acceptors (Lipinski definition) is 3. The van der Waals surface area contributed by atoms with E-state index in [2.05, 4.69) is 34.8 Å². The molecule has 94 valence electrons. The van der Waals surface area contributed by atoms with Crippen LogP contribution < -0.4 is 4.90 Å². The van der Waals surface area contributed by atoms with Crippen molar-refractivity contribution in [3.8, 4) is 0 Å². The van der Waals surface area contributed by atoms with Crippen LogP contribution in [0.2, 0.25) is 0 Å². The molecule has 0 amide bonds. The zero-order chi connectivity index (χ0) is 12.6. The van der Waals surface area contributed by atoms with Gasteiger partial charge in [-0.2, -0.15) is 0 Å². The highest BCUT2D eigenvalue weighted by molar-refractivity contribution is 5.88. The van der Waals surface area contributed by atoms with Crippen LogP contribution in [0.25, 0.3) is 10.9 Å². The van der Waals surface area contributed by atoms with Crippen LogP contribution in [0.5, 0.6) is 0 Å². The summed E-state index contributed by atoms with van der Waals surface area (Å²) >= 11 is 0. The summed E-state index contributed by atoms with van der Waals surface area (Å²) in [6.07, 6.45) is 7.37. The quantitative estimate of drug-likeness (QED) is 0.824. The smallest absolute Gasteiger partial charge is 0.155 e. The lowest BCUT2D eigenvalue weighted by atomic mass is 9.79. The lowest BCUT2D eigenvalue weighted by Crippen LogP contribution is -2.59. The Morgan fingerprint density at radius 3 is 2.67 bits per heavy atom. The summed E-state index contributed by atoms with van der Waals surface area (Å²) in [5, 5.41) is 1.18. The van der Waals surface area contributed by atoms with Crippen molar-refractivity contribution in [3.63, 3.8) is 0 Å². The first-order valence-corrected chi connectivity index (χ1v) is 6.78. The van der Waals surface area contributed by atoms with Gasteiger partial charge in [-0.3, -0.25) is 4.98 Å². The first kappa shape index (κ1) is 11.5. The Balaban J connectivity index is 2.10. The summed E-state index contributed by atoms with van der Waals surface area (Å²) in [7, 11) is 0. The summed E-state index contributed by atoms with van der Waals surface area (Å²) < 4.78 is 0. The minimum Gasteiger partial charge on any atom is -0.349 e. The molecule has 2 aromatic heterocycles. The third kappa shape index (κ3) is 1.50. The highest BCUT2D eigenvalue weighted by Gasteiger charge is 2.42. The average molecular weight is 241 g/mol. The summed E-state index contributed by atoms with van der Waals surface area (Å²) in [4.78, 5) is 11.5. The molecule has 18 heavy (non-hydrogen) atoms. The predicted octanol–water partition coefficient (Wildman–Crippen LogP) is 3.40. The Bertz CT molecular complexity index is 550. The van der Waals surface area contributed by atoms with E-state index in [-0.39, 0.29) is 0 Å². The lowest BCUT2D eigenvalue weighted by molar-refractivity contribution is 0.253. The summed E-state index contributed by atoms with van der Waals surface area (Å²) in [5.41, 5.74) is 1.34. The number of rotatable bonds is 3. The topological polar surface area (TPSA) is 29.0 Å². The Morgan fingerprint density at radius 2 is 2.00 bits per heavy atom. The highest BCUT2D eigenvalue weighted by Crippen LogP contribution is 2.41. The molecule has 0 aliphatic carbocycles. The van der Waals surface area contributed by atoms with Gasteiger partial charge in [-0.15, -0.1) is 0 Å². The molecule has 0 atom stereocenters. The molecule has 1 aliphatic rings. The molecule has 0 spiro atoms. The summed E-state index contributed by atoms with van der Waals surface area (Å²) in [6, 6.07) is 6.12. The first-order chi connectivity index (χ1) is 8.80. The minimum atomic E-state index is 0.304. The van der Waals surface area contributed by atoms with Crippen molar-refractivity contribution in [2.45, 2.75) is 38.6 Å². The van der Waals surface area contributed by atoms with Crippen LogP contribution in [0.3, 0.4) is 0 Å². The molecule has 1 aliphatic heterocycles. The molecule has 0 unspecified atom stereocenters. The third-order valence-corrected chi connectivity index (χ3v) is 4.45. The van der Waals surface area contributed by atoms with Gasteiger partial charge in [0.1, 0.15) is 5.52 Å². The van der Waals surface area contributed by atoms with Crippen molar-refractivity contribution in [2.75, 3.05) is 11.4 Å². The molecular formula is C15H19N3. The first-order valence-electron chi connectivity index (χ1n) is 6.78. The fourth-order valence-electron chi connectivity index (χ4n) is 3.04. The maximum atomic E-state index is 4.58. The van der Waals surface area contributed by atoms with Gasteiger partial charge < -0.3 is 4.90 Å². The average Bonchev–Trinajstić information content (AvgIpc) is 2.40. The normalized spacial score (nSPS) is 17.8. The van der Waals surface area contributed by atoms with E-state index in [0.717, 1.165) is 17.9 Å². The van der Waals surface area contributed by atoms with Crippen LogP contribution in [0.4, 0.5) is 5.82 Å². The monoisotopic (exact) mass is 241 g/mol. The molecule has 3 nitrogen and oxygen atoms in total. The highest BCUT2D eigenvalue weighted by atomic mass is 15.3. The number of hydrogen-bond donors (Lipinski definition) is 0. The SMILES string of the molecule is CCC1(CC)CCN1c1nccc2cccnc12. The molecule has 0 saturated carbocycles. The van der Waals surface area contributed by atoms with E-state index in [9.17, 15) is 0 Å². The van der Waals surface area contributed by atoms with E-state index in [1.165, 1.54) is 24.6 Å². The number of anilines is 1. The van der Waals surface area contributed by atoms with Gasteiger partial charge in [0, 0.05) is 29.9 Å². The Hall–Kier alpha value is -1.64. The zero-order valence-corrected chi connectivity index (χ0v) is 11.1. The maximum absolute atomic E-state index is 4.58. The van der Waals surface area contributed by atoms with Crippen LogP contribution in [0, 0.1) is 0 Å². The number of fused-ring (bicyclic) bond motifs is 1. The van der Waals surface area contributed by atoms with Crippen LogP contribution in [0.15, 0.2) is 30.6 Å². The Morgan fingerprint density at radius 1 is 1.17 bits per heavy atom. The van der Waals surface area contributed by atoms with Gasteiger partial charge in [0.15, 0.2) is 5.82 Å². The van der Waals surface area contributed by atoms with Crippen molar-refractivity contribution in [2.24, 2.45) is 0 Å². The van der Waals surface area contributed by atoms with E-state index in [1.807, 2.05) is 24.5 Å². The van der Waals surface area contributed by atoms with E-state index >= 15 is 0 Å². The van der Waals surface area contributed by atoms with E-state index in [0.29, 0.717) is 5.54 Å². The molecule has 1 fully saturated rings. The molecule has 1 saturated heterocycles. The third-order valence-electron chi connectivity index (χ3n) is 4.45. The standard InChI is InChI=1S/C15H19N3/c1-3-15(4-2)8-11-18(15)14-13-12(7-10-17-14)6-5-9-16-13/h5-7,9-10H,3-4,8,11H2,1-2H3. The van der Waals surface area contributed by atoms with Gasteiger partial charge >= 0.3 is 0 Å². The van der Waals surface area contributed by atoms with Crippen LogP contribution in [-0.4, -0.2) is 22.1 Å². The van der Waals surface area contributed by atoms with Gasteiger partial charge in [-0.05, 0) is 31.4 Å². The van der Waals surface area contributed by atoms with Crippen LogP contribution in [0.1, 0.15) is 33.1 Å². The zero-order valence-electron chi connectivity index (χ0n) is 11.1. The van der Waals surface area contributed by atoms with Gasteiger partial charge in [-0.1, -0.05) is 19.9 Å². The van der Waals surface area contributed by atoms with Crippen LogP contribution in [-0.2, 0) is 0 Å². The van der Waals surface area contributed by atoms with Crippen molar-refractivity contribution >= 4 is 16.7 Å². The Kier molecular flexibility index (Phi) is 2.69. The molecule has 0 bridgehead atoms. The number of nitrogens with zero attached hydrogens (tertiary/aromatic N) is 3. The molecule has 3 heterocycles. The summed E-state index contributed by atoms with van der Waals surface area (Å²) in [6.45, 7) is 5.65. The largest absolute Gasteiger partial charge is 0.349 e. The van der Waals surface area contributed by atoms with E-state index < -0.39 is 0 Å². The van der Waals surface area contributed by atoms with Gasteiger partial charge in [0.2, 0.25) is 0 Å². The number of aromatic nitrogens is 2. The van der Waals surface area contributed by atoms with Gasteiger partial charge in [-0.25, -0.2) is 4.98 Å². The second-order valence-corrected chi connectivity index (χ2v) is 5.04. The fraction of sp³-hybridized carbons (Fsp3) is 0.467. The number of pyridine rings is 2. The van der Waals surface area contributed by atoms with Crippen molar-refractivity contribution in [1.82, 2.24) is 9.97 Å². The summed E-state index contributed by atoms with van der Waals surface area (Å²) in [5.74, 6) is 1.06. The molecule has 3 heteroatoms. The minimum absolute atomic E-state index is 0.304. The van der Waals surface area contributed by atoms with E-state index in [4.69, 9.17) is 0 Å². The van der Waals surface area contributed by atoms with Gasteiger partial charge in [0.05, 0.1) is 0 Å². The van der Waals surface area contributed by atoms with Crippen LogP contribution >= 0.6 is 0 Å². The van der Waals surface area contributed by atoms with E-state index in [1.54, 1.807) is 0 Å². The second kappa shape index (κ2) is 4.23. The lowest BCUT2D eigenvalue weighted by Gasteiger charge is -2.53. The second-order valence-electron chi connectivity index (χ2n) is 5.04. The molecule has 0 aromatic carbocycles. The predicted molar refractivity (Wildman–Crippen MR) is 74.8 cm³/mol. The molecule has 0 radical (unpaired) electrons.